The molecule has 1 aliphatic carbocycles. The van der Waals surface area contributed by atoms with Crippen molar-refractivity contribution in [2.45, 2.75) is 43.9 Å². The molecule has 1 aliphatic heterocycles. The van der Waals surface area contributed by atoms with Crippen LogP contribution in [-0.2, 0) is 16.4 Å². The van der Waals surface area contributed by atoms with E-state index in [1.165, 1.54) is 12.0 Å². The summed E-state index contributed by atoms with van der Waals surface area (Å²) in [6, 6.07) is 5.42. The fraction of sp³-hybridized carbons (Fsp3) is 0.600. The fourth-order valence-corrected chi connectivity index (χ4v) is 4.14. The van der Waals surface area contributed by atoms with Gasteiger partial charge in [0.05, 0.1) is 4.90 Å². The van der Waals surface area contributed by atoms with Gasteiger partial charge in [0.25, 0.3) is 0 Å². The van der Waals surface area contributed by atoms with Crippen molar-refractivity contribution in [3.8, 4) is 0 Å². The quantitative estimate of drug-likeness (QED) is 0.897. The summed E-state index contributed by atoms with van der Waals surface area (Å²) in [5.41, 5.74) is 2.33. The average molecular weight is 294 g/mol. The molecule has 2 N–H and O–H groups in total. The Bertz CT molecular complexity index is 606. The van der Waals surface area contributed by atoms with Gasteiger partial charge in [-0.1, -0.05) is 19.4 Å². The van der Waals surface area contributed by atoms with Crippen molar-refractivity contribution in [2.24, 2.45) is 5.41 Å². The number of rotatable bonds is 4. The summed E-state index contributed by atoms with van der Waals surface area (Å²) in [6.45, 7) is 3.61. The van der Waals surface area contributed by atoms with Crippen LogP contribution in [0.4, 0.5) is 5.69 Å². The monoisotopic (exact) mass is 294 g/mol. The number of benzene rings is 1. The molecule has 0 radical (unpaired) electrons. The summed E-state index contributed by atoms with van der Waals surface area (Å²) in [5.74, 6) is 0. The first-order valence-electron chi connectivity index (χ1n) is 7.35. The van der Waals surface area contributed by atoms with Crippen LogP contribution in [0.15, 0.2) is 23.1 Å². The van der Waals surface area contributed by atoms with Crippen LogP contribution in [0.3, 0.4) is 0 Å². The number of aryl methyl sites for hydroxylation is 1. The van der Waals surface area contributed by atoms with E-state index in [4.69, 9.17) is 0 Å². The smallest absolute Gasteiger partial charge is 0.240 e. The Morgan fingerprint density at radius 3 is 2.80 bits per heavy atom. The topological polar surface area (TPSA) is 58.2 Å². The number of nitrogens with one attached hydrogen (secondary N) is 2. The second-order valence-corrected chi connectivity index (χ2v) is 8.11. The van der Waals surface area contributed by atoms with Gasteiger partial charge in [0.2, 0.25) is 10.0 Å². The molecule has 0 saturated heterocycles. The maximum Gasteiger partial charge on any atom is 0.240 e. The van der Waals surface area contributed by atoms with Crippen LogP contribution >= 0.6 is 0 Å². The van der Waals surface area contributed by atoms with Crippen LogP contribution in [0.2, 0.25) is 0 Å². The molecule has 0 unspecified atom stereocenters. The van der Waals surface area contributed by atoms with Gasteiger partial charge in [0.15, 0.2) is 0 Å². The van der Waals surface area contributed by atoms with Crippen molar-refractivity contribution in [2.75, 3.05) is 18.4 Å². The normalized spacial score (nSPS) is 20.6. The van der Waals surface area contributed by atoms with Gasteiger partial charge in [0, 0.05) is 18.8 Å². The summed E-state index contributed by atoms with van der Waals surface area (Å²) >= 11 is 0. The minimum absolute atomic E-state index is 0.152. The summed E-state index contributed by atoms with van der Waals surface area (Å²) in [6.07, 6.45) is 5.56. The maximum atomic E-state index is 12.4. The first kappa shape index (κ1) is 13.9. The molecular weight excluding hydrogens is 272 g/mol. The lowest BCUT2D eigenvalue weighted by Crippen LogP contribution is -2.39. The molecule has 0 spiro atoms. The van der Waals surface area contributed by atoms with Gasteiger partial charge in [-0.2, -0.15) is 0 Å². The predicted molar refractivity (Wildman–Crippen MR) is 80.4 cm³/mol. The third-order valence-electron chi connectivity index (χ3n) is 4.58. The fourth-order valence-electron chi connectivity index (χ4n) is 2.92. The summed E-state index contributed by atoms with van der Waals surface area (Å²) < 4.78 is 27.5. The lowest BCUT2D eigenvalue weighted by atomic mass is 9.71. The van der Waals surface area contributed by atoms with Crippen LogP contribution < -0.4 is 10.0 Å². The Hall–Kier alpha value is -1.07. The van der Waals surface area contributed by atoms with E-state index < -0.39 is 10.0 Å². The molecule has 1 heterocycles. The Kier molecular flexibility index (Phi) is 3.50. The highest BCUT2D eigenvalue weighted by Crippen LogP contribution is 2.39. The van der Waals surface area contributed by atoms with E-state index in [0.29, 0.717) is 11.4 Å². The number of hydrogen-bond acceptors (Lipinski definition) is 3. The highest BCUT2D eigenvalue weighted by molar-refractivity contribution is 7.89. The first-order valence-corrected chi connectivity index (χ1v) is 8.83. The highest BCUT2D eigenvalue weighted by atomic mass is 32.2. The van der Waals surface area contributed by atoms with Gasteiger partial charge in [-0.05, 0) is 48.8 Å². The van der Waals surface area contributed by atoms with E-state index in [1.807, 2.05) is 6.07 Å². The molecule has 2 aliphatic rings. The zero-order chi connectivity index (χ0) is 14.2. The minimum Gasteiger partial charge on any atom is -0.385 e. The molecule has 1 saturated carbocycles. The standard InChI is InChI=1S/C15H22N2O2S/c1-15(7-3-8-15)11-17-20(18,19)13-6-5-12-4-2-9-16-14(12)10-13/h5-6,10,16-17H,2-4,7-9,11H2,1H3. The lowest BCUT2D eigenvalue weighted by Gasteiger charge is -2.38. The number of fused-ring (bicyclic) bond motifs is 1. The molecule has 110 valence electrons. The van der Waals surface area contributed by atoms with Crippen molar-refractivity contribution < 1.29 is 8.42 Å². The third-order valence-corrected chi connectivity index (χ3v) is 5.98. The van der Waals surface area contributed by atoms with Crippen LogP contribution in [0.5, 0.6) is 0 Å². The summed E-state index contributed by atoms with van der Waals surface area (Å²) in [5, 5.41) is 3.28. The van der Waals surface area contributed by atoms with Crippen LogP contribution in [0.1, 0.15) is 38.2 Å². The highest BCUT2D eigenvalue weighted by Gasteiger charge is 2.33. The molecule has 0 amide bonds. The number of anilines is 1. The van der Waals surface area contributed by atoms with Gasteiger partial charge in [-0.25, -0.2) is 13.1 Å². The molecule has 20 heavy (non-hydrogen) atoms. The molecule has 1 fully saturated rings. The second-order valence-electron chi connectivity index (χ2n) is 6.34. The number of sulfonamides is 1. The molecule has 0 bridgehead atoms. The molecule has 0 aromatic heterocycles. The minimum atomic E-state index is -3.39. The molecule has 5 heteroatoms. The van der Waals surface area contributed by atoms with Crippen LogP contribution in [0, 0.1) is 5.41 Å². The molecular formula is C15H22N2O2S. The van der Waals surface area contributed by atoms with E-state index in [0.717, 1.165) is 37.9 Å². The van der Waals surface area contributed by atoms with Gasteiger partial charge in [-0.15, -0.1) is 0 Å². The third kappa shape index (κ3) is 2.69. The first-order chi connectivity index (χ1) is 9.49. The maximum absolute atomic E-state index is 12.4. The molecule has 0 atom stereocenters. The Morgan fingerprint density at radius 2 is 2.10 bits per heavy atom. The van der Waals surface area contributed by atoms with Crippen LogP contribution in [-0.4, -0.2) is 21.5 Å². The zero-order valence-electron chi connectivity index (χ0n) is 11.9. The van der Waals surface area contributed by atoms with E-state index >= 15 is 0 Å². The average Bonchev–Trinajstić information content (AvgIpc) is 2.42. The molecule has 3 rings (SSSR count). The van der Waals surface area contributed by atoms with Gasteiger partial charge < -0.3 is 5.32 Å². The van der Waals surface area contributed by atoms with Gasteiger partial charge >= 0.3 is 0 Å². The van der Waals surface area contributed by atoms with E-state index in [1.54, 1.807) is 12.1 Å². The molecule has 1 aromatic carbocycles. The summed E-state index contributed by atoms with van der Waals surface area (Å²) in [7, 11) is -3.39. The summed E-state index contributed by atoms with van der Waals surface area (Å²) in [4.78, 5) is 0.369. The molecule has 1 aromatic rings. The lowest BCUT2D eigenvalue weighted by molar-refractivity contribution is 0.166. The van der Waals surface area contributed by atoms with Crippen molar-refractivity contribution in [1.82, 2.24) is 4.72 Å². The van der Waals surface area contributed by atoms with Gasteiger partial charge in [0.1, 0.15) is 0 Å². The van der Waals surface area contributed by atoms with Crippen molar-refractivity contribution in [3.63, 3.8) is 0 Å². The predicted octanol–water partition coefficient (Wildman–Crippen LogP) is 2.51. The Morgan fingerprint density at radius 1 is 1.30 bits per heavy atom. The van der Waals surface area contributed by atoms with E-state index in [-0.39, 0.29) is 5.41 Å². The van der Waals surface area contributed by atoms with Crippen molar-refractivity contribution >= 4 is 15.7 Å². The van der Waals surface area contributed by atoms with E-state index in [9.17, 15) is 8.42 Å². The second kappa shape index (κ2) is 5.04. The molecule has 4 nitrogen and oxygen atoms in total. The van der Waals surface area contributed by atoms with Crippen molar-refractivity contribution in [1.29, 1.82) is 0 Å². The SMILES string of the molecule is CC1(CNS(=O)(=O)c2ccc3c(c2)NCCC3)CCC1. The number of hydrogen-bond donors (Lipinski definition) is 2. The van der Waals surface area contributed by atoms with E-state index in [2.05, 4.69) is 17.0 Å². The van der Waals surface area contributed by atoms with Crippen molar-refractivity contribution in [3.05, 3.63) is 23.8 Å². The van der Waals surface area contributed by atoms with Gasteiger partial charge in [-0.3, -0.25) is 0 Å². The Balaban J connectivity index is 1.76. The Labute approximate surface area is 121 Å². The van der Waals surface area contributed by atoms with Crippen LogP contribution in [0.25, 0.3) is 0 Å². The largest absolute Gasteiger partial charge is 0.385 e. The zero-order valence-corrected chi connectivity index (χ0v) is 12.7.